The minimum Gasteiger partial charge on any atom is -0.467 e. The average molecular weight is 782 g/mol. The van der Waals surface area contributed by atoms with Crippen LogP contribution >= 0.6 is 11.6 Å². The lowest BCUT2D eigenvalue weighted by molar-refractivity contribution is -0.140. The van der Waals surface area contributed by atoms with Crippen molar-refractivity contribution in [2.45, 2.75) is 95.2 Å². The molecule has 4 atom stereocenters. The van der Waals surface area contributed by atoms with E-state index < -0.39 is 41.1 Å². The van der Waals surface area contributed by atoms with E-state index in [0.717, 1.165) is 31.5 Å². The molecule has 7 heterocycles. The number of halogens is 6. The number of nitrogens with one attached hydrogen (secondary N) is 1. The molecule has 4 unspecified atom stereocenters. The maximum Gasteiger partial charge on any atom is 0.416 e. The highest BCUT2D eigenvalue weighted by molar-refractivity contribution is 6.34. The Morgan fingerprint density at radius 3 is 2.65 bits per heavy atom. The van der Waals surface area contributed by atoms with Gasteiger partial charge in [-0.2, -0.15) is 28.2 Å². The zero-order valence-electron chi connectivity index (χ0n) is 30.5. The molecule has 0 bridgehead atoms. The predicted molar refractivity (Wildman–Crippen MR) is 191 cm³/mol. The molecule has 0 spiro atoms. The zero-order valence-corrected chi connectivity index (χ0v) is 31.2. The molecule has 0 saturated carbocycles. The largest absolute Gasteiger partial charge is 0.467 e. The smallest absolute Gasteiger partial charge is 0.416 e. The lowest BCUT2D eigenvalue weighted by Crippen LogP contribution is -2.34. The molecule has 1 amide bonds. The summed E-state index contributed by atoms with van der Waals surface area (Å²) in [5.74, 6) is -0.956. The number of likely N-dealkylation sites (N-methyl/N-ethyl adjacent to an activating group) is 1. The van der Waals surface area contributed by atoms with Crippen molar-refractivity contribution in [2.24, 2.45) is 0 Å². The van der Waals surface area contributed by atoms with Crippen molar-refractivity contribution < 1.29 is 36.2 Å². The molecular formula is C36H45ClF5N9O3. The number of fused-ring (bicyclic) bond motifs is 3. The number of alkyl halides is 4. The molecule has 3 aromatic rings. The summed E-state index contributed by atoms with van der Waals surface area (Å²) in [4.78, 5) is 28.2. The minimum absolute atomic E-state index is 0.00340. The molecule has 0 radical (unpaired) electrons. The number of benzene rings is 1. The van der Waals surface area contributed by atoms with Crippen LogP contribution < -0.4 is 20.7 Å². The van der Waals surface area contributed by atoms with Gasteiger partial charge in [-0.3, -0.25) is 14.4 Å². The Labute approximate surface area is 315 Å². The van der Waals surface area contributed by atoms with Gasteiger partial charge in [0.05, 0.1) is 54.0 Å². The summed E-state index contributed by atoms with van der Waals surface area (Å²) in [6.07, 6.45) is -2.12. The summed E-state index contributed by atoms with van der Waals surface area (Å²) in [5.41, 5.74) is 5.38. The van der Waals surface area contributed by atoms with Crippen LogP contribution in [0.25, 0.3) is 0 Å². The Morgan fingerprint density at radius 1 is 1.15 bits per heavy atom. The number of rotatable bonds is 5. The second-order valence-corrected chi connectivity index (χ2v) is 15.2. The molecule has 12 nitrogen and oxygen atoms in total. The third kappa shape index (κ3) is 7.31. The number of aryl methyl sites for hydroxylation is 1. The van der Waals surface area contributed by atoms with Crippen LogP contribution in [0.15, 0.2) is 12.1 Å². The van der Waals surface area contributed by atoms with E-state index in [2.05, 4.69) is 32.2 Å². The zero-order chi connectivity index (χ0) is 38.5. The predicted octanol–water partition coefficient (Wildman–Crippen LogP) is 5.32. The Balaban J connectivity index is 0.000000386. The lowest BCUT2D eigenvalue weighted by atomic mass is 9.94. The van der Waals surface area contributed by atoms with Crippen LogP contribution in [-0.2, 0) is 37.0 Å². The van der Waals surface area contributed by atoms with E-state index in [1.165, 1.54) is 20.0 Å². The monoisotopic (exact) mass is 781 g/mol. The molecule has 3 saturated heterocycles. The third-order valence-corrected chi connectivity index (χ3v) is 11.8. The number of methoxy groups -OCH3 is 1. The molecule has 5 aliphatic heterocycles. The summed E-state index contributed by atoms with van der Waals surface area (Å²) >= 11 is 6.79. The highest BCUT2D eigenvalue weighted by Crippen LogP contribution is 2.43. The number of anilines is 2. The molecule has 54 heavy (non-hydrogen) atoms. The van der Waals surface area contributed by atoms with Gasteiger partial charge in [0.25, 0.3) is 5.91 Å². The molecule has 2 aromatic heterocycles. The summed E-state index contributed by atoms with van der Waals surface area (Å²) in [7, 11) is 3.24. The number of ether oxygens (including phenoxy) is 2. The molecule has 5 aliphatic rings. The molecule has 3 fully saturated rings. The summed E-state index contributed by atoms with van der Waals surface area (Å²) in [6.45, 7) is 6.28. The number of hydrogen-bond acceptors (Lipinski definition) is 10. The summed E-state index contributed by atoms with van der Waals surface area (Å²) < 4.78 is 82.4. The number of carbonyl (C=O) groups is 1. The molecule has 1 aromatic carbocycles. The minimum atomic E-state index is -4.82. The van der Waals surface area contributed by atoms with Gasteiger partial charge in [0.2, 0.25) is 0 Å². The van der Waals surface area contributed by atoms with Gasteiger partial charge in [0.15, 0.2) is 11.5 Å². The van der Waals surface area contributed by atoms with E-state index in [1.54, 1.807) is 9.58 Å². The van der Waals surface area contributed by atoms with E-state index in [-0.39, 0.29) is 53.8 Å². The van der Waals surface area contributed by atoms with Gasteiger partial charge in [0, 0.05) is 61.9 Å². The van der Waals surface area contributed by atoms with Crippen LogP contribution in [0.5, 0.6) is 6.01 Å². The number of likely N-dealkylation sites (tertiary alicyclic amines) is 1. The molecule has 3 N–H and O–H groups in total. The summed E-state index contributed by atoms with van der Waals surface area (Å²) in [5, 5.41) is 8.02. The Kier molecular flexibility index (Phi) is 10.7. The van der Waals surface area contributed by atoms with Gasteiger partial charge in [0.1, 0.15) is 12.0 Å². The van der Waals surface area contributed by atoms with Crippen LogP contribution in [-0.4, -0.2) is 100 Å². The average Bonchev–Trinajstić information content (AvgIpc) is 3.86. The first kappa shape index (κ1) is 38.5. The molecule has 294 valence electrons. The van der Waals surface area contributed by atoms with E-state index in [1.807, 2.05) is 11.9 Å². The SMILES string of the molecule is CC12CCCN1CC(F)C2.CNC1CCN(C(=O)c2nn3c(c2Cl)CN(c2nc(OC)nc4c2COC(c2c(C(F)(F)F)ccc(N)c2F)C4)CCC3)C1. The van der Waals surface area contributed by atoms with Crippen molar-refractivity contribution in [3.8, 4) is 6.01 Å². The van der Waals surface area contributed by atoms with Gasteiger partial charge in [-0.25, -0.2) is 8.78 Å². The van der Waals surface area contributed by atoms with Crippen molar-refractivity contribution in [1.29, 1.82) is 0 Å². The van der Waals surface area contributed by atoms with Crippen molar-refractivity contribution in [3.63, 3.8) is 0 Å². The molecule has 0 aliphatic carbocycles. The lowest BCUT2D eigenvalue weighted by Gasteiger charge is -2.31. The summed E-state index contributed by atoms with van der Waals surface area (Å²) in [6, 6.07) is 1.85. The van der Waals surface area contributed by atoms with Crippen molar-refractivity contribution in [2.75, 3.05) is 57.5 Å². The maximum absolute atomic E-state index is 15.1. The number of hydrogen-bond donors (Lipinski definition) is 2. The van der Waals surface area contributed by atoms with E-state index in [4.69, 9.17) is 26.8 Å². The maximum atomic E-state index is 15.1. The van der Waals surface area contributed by atoms with Gasteiger partial charge >= 0.3 is 12.2 Å². The topological polar surface area (TPSA) is 127 Å². The first-order valence-electron chi connectivity index (χ1n) is 18.3. The number of amides is 1. The second kappa shape index (κ2) is 15.0. The normalized spacial score (nSPS) is 25.5. The van der Waals surface area contributed by atoms with Gasteiger partial charge in [-0.1, -0.05) is 11.6 Å². The van der Waals surface area contributed by atoms with Crippen LogP contribution in [0.3, 0.4) is 0 Å². The van der Waals surface area contributed by atoms with Crippen molar-refractivity contribution in [3.05, 3.63) is 56.7 Å². The number of aromatic nitrogens is 4. The highest BCUT2D eigenvalue weighted by Gasteiger charge is 2.45. The first-order valence-corrected chi connectivity index (χ1v) is 18.6. The van der Waals surface area contributed by atoms with E-state index in [0.29, 0.717) is 61.9 Å². The molecular weight excluding hydrogens is 737 g/mol. The number of nitrogens with zero attached hydrogens (tertiary/aromatic N) is 7. The fraction of sp³-hybridized carbons (Fsp3) is 0.611. The second-order valence-electron chi connectivity index (χ2n) is 14.9. The molecule has 8 rings (SSSR count). The van der Waals surface area contributed by atoms with Crippen LogP contribution in [0, 0.1) is 5.82 Å². The van der Waals surface area contributed by atoms with Crippen LogP contribution in [0.2, 0.25) is 5.02 Å². The van der Waals surface area contributed by atoms with Crippen LogP contribution in [0.1, 0.15) is 83.7 Å². The Morgan fingerprint density at radius 2 is 1.94 bits per heavy atom. The highest BCUT2D eigenvalue weighted by atomic mass is 35.5. The Hall–Kier alpha value is -3.80. The first-order chi connectivity index (χ1) is 25.7. The van der Waals surface area contributed by atoms with Gasteiger partial charge < -0.3 is 30.3 Å². The fourth-order valence-corrected chi connectivity index (χ4v) is 8.75. The fourth-order valence-electron chi connectivity index (χ4n) is 8.47. The van der Waals surface area contributed by atoms with Crippen molar-refractivity contribution in [1.82, 2.24) is 34.9 Å². The number of carbonyl (C=O) groups excluding carboxylic acids is 1. The number of nitrogen functional groups attached to an aromatic ring is 1. The Bertz CT molecular complexity index is 1900. The van der Waals surface area contributed by atoms with Gasteiger partial charge in [-0.05, 0) is 64.8 Å². The number of nitrogens with two attached hydrogens (primary N) is 1. The molecule has 18 heteroatoms. The third-order valence-electron chi connectivity index (χ3n) is 11.4. The standard InChI is InChI=1S/C28H31ClF4N8O3.C8H14FN/c1-35-14-6-9-40(11-14)26(42)24-22(29)19-12-39(7-3-8-41(19)38-24)25-15-13-44-20(10-18(15)36-27(37-25)43-2)21-16(28(31,32)33)4-5-17(34)23(21)30;1-8-3-2-4-10(8)6-7(9)5-8/h4-5,14,20,35H,3,6-13,34H2,1-2H3;7H,2-6H2,1H3. The van der Waals surface area contributed by atoms with E-state index >= 15 is 4.39 Å². The van der Waals surface area contributed by atoms with E-state index in [9.17, 15) is 22.4 Å². The van der Waals surface area contributed by atoms with Crippen LogP contribution in [0.4, 0.5) is 33.5 Å². The van der Waals surface area contributed by atoms with Gasteiger partial charge in [-0.15, -0.1) is 0 Å². The quantitative estimate of drug-likeness (QED) is 0.260. The van der Waals surface area contributed by atoms with Crippen molar-refractivity contribution >= 4 is 29.0 Å².